The average molecular weight is 241 g/mol. The summed E-state index contributed by atoms with van der Waals surface area (Å²) in [6, 6.07) is 0. The van der Waals surface area contributed by atoms with E-state index in [0.717, 1.165) is 6.15 Å². The predicted molar refractivity (Wildman–Crippen MR) is 38.1 cm³/mol. The third-order valence-corrected chi connectivity index (χ3v) is 0. The van der Waals surface area contributed by atoms with Crippen molar-refractivity contribution < 1.29 is 21.9 Å². The molecular weight excluding hydrogens is 233 g/mol. The Morgan fingerprint density at radius 2 is 0.714 bits per heavy atom. The molecule has 0 unspecified atom stereocenters. The molecule has 0 aromatic heterocycles. The molecular formula is H8BeBr2O4. The fraction of sp³-hybridized carbons (Fsp3) is 0. The van der Waals surface area contributed by atoms with Crippen molar-refractivity contribution in [3.8, 4) is 0 Å². The molecule has 0 saturated carbocycles. The van der Waals surface area contributed by atoms with Gasteiger partial charge >= 0.3 is 37.0 Å². The Hall–Kier alpha value is 0.969. The topological polar surface area (TPSA) is 126 Å². The van der Waals surface area contributed by atoms with Gasteiger partial charge in [0.1, 0.15) is 0 Å². The molecule has 0 bridgehead atoms. The second kappa shape index (κ2) is 64.1. The Kier molecular flexibility index (Phi) is 402. The van der Waals surface area contributed by atoms with Crippen LogP contribution in [0.4, 0.5) is 0 Å². The van der Waals surface area contributed by atoms with Crippen LogP contribution in [0.5, 0.6) is 0 Å². The van der Waals surface area contributed by atoms with Crippen LogP contribution in [0, 0.1) is 0 Å². The molecule has 0 radical (unpaired) electrons. The van der Waals surface area contributed by atoms with Crippen LogP contribution in [0.2, 0.25) is 0 Å². The summed E-state index contributed by atoms with van der Waals surface area (Å²) < 4.78 is 0. The zero-order chi connectivity index (χ0) is 2.71. The SMILES string of the molecule is O.O.O.O.[Br][Be][Br]. The molecule has 0 atom stereocenters. The third-order valence-electron chi connectivity index (χ3n) is 0. The molecule has 0 amide bonds. The zero-order valence-corrected chi connectivity index (χ0v) is 6.64. The normalized spacial score (nSPS) is 1.43. The number of rotatable bonds is 0. The standard InChI is InChI=1S/Be.2BrH.4H2O/h;2*1H;4*1H2/q+2;;;;;;/p-2. The summed E-state index contributed by atoms with van der Waals surface area (Å²) in [4.78, 5) is 0. The fourth-order valence-corrected chi connectivity index (χ4v) is 0. The Bertz CT molecular complexity index is 9.65. The molecule has 0 aromatic carbocycles. The van der Waals surface area contributed by atoms with Crippen molar-refractivity contribution >= 4 is 37.0 Å². The Morgan fingerprint density at radius 3 is 0.714 bits per heavy atom. The van der Waals surface area contributed by atoms with E-state index in [1.54, 1.807) is 0 Å². The fourth-order valence-electron chi connectivity index (χ4n) is 0. The first-order chi connectivity index (χ1) is 1.41. The van der Waals surface area contributed by atoms with Gasteiger partial charge < -0.3 is 21.9 Å². The summed E-state index contributed by atoms with van der Waals surface area (Å²) in [5.74, 6) is 0. The molecule has 4 nitrogen and oxygen atoms in total. The quantitative estimate of drug-likeness (QED) is 0.435. The van der Waals surface area contributed by atoms with Gasteiger partial charge in [-0.1, -0.05) is 0 Å². The van der Waals surface area contributed by atoms with Gasteiger partial charge in [-0.15, -0.1) is 0 Å². The second-order valence-corrected chi connectivity index (χ2v) is 2.73. The first-order valence-corrected chi connectivity index (χ1v) is 2.78. The Morgan fingerprint density at radius 1 is 0.714 bits per heavy atom. The van der Waals surface area contributed by atoms with Crippen molar-refractivity contribution in [2.75, 3.05) is 0 Å². The van der Waals surface area contributed by atoms with E-state index < -0.39 is 0 Å². The van der Waals surface area contributed by atoms with Crippen LogP contribution >= 0.6 is 30.9 Å². The number of halogens is 2. The molecule has 0 aliphatic heterocycles. The van der Waals surface area contributed by atoms with Crippen molar-refractivity contribution in [2.24, 2.45) is 0 Å². The molecule has 48 valence electrons. The van der Waals surface area contributed by atoms with Crippen LogP contribution in [-0.2, 0) is 0 Å². The van der Waals surface area contributed by atoms with Gasteiger partial charge in [0.15, 0.2) is 0 Å². The molecule has 0 heterocycles. The number of hydrogen-bond acceptors (Lipinski definition) is 0. The summed E-state index contributed by atoms with van der Waals surface area (Å²) in [6.45, 7) is 0. The van der Waals surface area contributed by atoms with Gasteiger partial charge in [0.2, 0.25) is 0 Å². The van der Waals surface area contributed by atoms with Crippen LogP contribution < -0.4 is 0 Å². The van der Waals surface area contributed by atoms with Crippen molar-refractivity contribution in [2.45, 2.75) is 0 Å². The van der Waals surface area contributed by atoms with E-state index in [-0.39, 0.29) is 21.9 Å². The molecule has 0 rings (SSSR count). The van der Waals surface area contributed by atoms with Crippen molar-refractivity contribution in [3.63, 3.8) is 0 Å². The monoisotopic (exact) mass is 239 g/mol. The van der Waals surface area contributed by atoms with E-state index >= 15 is 0 Å². The molecule has 0 aliphatic carbocycles. The van der Waals surface area contributed by atoms with Gasteiger partial charge in [-0.3, -0.25) is 0 Å². The van der Waals surface area contributed by atoms with Crippen LogP contribution in [0.15, 0.2) is 0 Å². The molecule has 7 heavy (non-hydrogen) atoms. The van der Waals surface area contributed by atoms with E-state index in [2.05, 4.69) is 30.9 Å². The molecule has 0 spiro atoms. The summed E-state index contributed by atoms with van der Waals surface area (Å²) in [6.07, 6.45) is 0.875. The van der Waals surface area contributed by atoms with Crippen molar-refractivity contribution in [1.29, 1.82) is 0 Å². The maximum absolute atomic E-state index is 3.06. The van der Waals surface area contributed by atoms with Gasteiger partial charge in [0, 0.05) is 0 Å². The summed E-state index contributed by atoms with van der Waals surface area (Å²) >= 11 is 6.12. The molecule has 0 aliphatic rings. The van der Waals surface area contributed by atoms with Crippen molar-refractivity contribution in [3.05, 3.63) is 0 Å². The van der Waals surface area contributed by atoms with Gasteiger partial charge in [-0.25, -0.2) is 0 Å². The first kappa shape index (κ1) is 43.9. The summed E-state index contributed by atoms with van der Waals surface area (Å²) in [7, 11) is 0. The van der Waals surface area contributed by atoms with Gasteiger partial charge in [-0.05, 0) is 0 Å². The van der Waals surface area contributed by atoms with Gasteiger partial charge in [0.05, 0.1) is 0 Å². The Balaban J connectivity index is -0.00000000333. The average Bonchev–Trinajstić information content (AvgIpc) is 0.918. The minimum atomic E-state index is 0. The van der Waals surface area contributed by atoms with Crippen LogP contribution in [0.3, 0.4) is 0 Å². The second-order valence-electron chi connectivity index (χ2n) is 0.101. The van der Waals surface area contributed by atoms with Crippen LogP contribution in [0.25, 0.3) is 0 Å². The van der Waals surface area contributed by atoms with Gasteiger partial charge in [-0.2, -0.15) is 0 Å². The van der Waals surface area contributed by atoms with Crippen molar-refractivity contribution in [1.82, 2.24) is 0 Å². The van der Waals surface area contributed by atoms with E-state index in [0.29, 0.717) is 0 Å². The Labute approximate surface area is 59.2 Å². The summed E-state index contributed by atoms with van der Waals surface area (Å²) in [5, 5.41) is 0. The molecule has 0 saturated heterocycles. The first-order valence-electron chi connectivity index (χ1n) is 0.535. The molecule has 8 N–H and O–H groups in total. The van der Waals surface area contributed by atoms with E-state index in [9.17, 15) is 0 Å². The summed E-state index contributed by atoms with van der Waals surface area (Å²) in [5.41, 5.74) is 0. The van der Waals surface area contributed by atoms with E-state index in [4.69, 9.17) is 0 Å². The van der Waals surface area contributed by atoms with Crippen LogP contribution in [0.1, 0.15) is 0 Å². The number of hydrogen-bond donors (Lipinski definition) is 0. The third kappa shape index (κ3) is 183. The van der Waals surface area contributed by atoms with Gasteiger partial charge in [0.25, 0.3) is 0 Å². The molecule has 0 aromatic rings. The maximum atomic E-state index is 3.06. The van der Waals surface area contributed by atoms with E-state index in [1.807, 2.05) is 0 Å². The van der Waals surface area contributed by atoms with Crippen LogP contribution in [-0.4, -0.2) is 28.1 Å². The molecule has 7 heteroatoms. The minimum absolute atomic E-state index is 0. The predicted octanol–water partition coefficient (Wildman–Crippen LogP) is -1.99. The van der Waals surface area contributed by atoms with E-state index in [1.165, 1.54) is 0 Å². The molecule has 0 fully saturated rings. The zero-order valence-electron chi connectivity index (χ0n) is 3.46.